The highest BCUT2D eigenvalue weighted by Gasteiger charge is 2.43. The third-order valence-corrected chi connectivity index (χ3v) is 4.02. The highest BCUT2D eigenvalue weighted by molar-refractivity contribution is 5.41. The zero-order valence-electron chi connectivity index (χ0n) is 11.3. The molecule has 0 bridgehead atoms. The van der Waals surface area contributed by atoms with Gasteiger partial charge in [0.05, 0.1) is 7.11 Å². The van der Waals surface area contributed by atoms with Gasteiger partial charge >= 0.3 is 0 Å². The Morgan fingerprint density at radius 3 is 2.41 bits per heavy atom. The molecule has 2 heteroatoms. The van der Waals surface area contributed by atoms with Gasteiger partial charge in [-0.1, -0.05) is 32.9 Å². The number of hydrogen-bond acceptors (Lipinski definition) is 2. The second-order valence-corrected chi connectivity index (χ2v) is 5.79. The number of methoxy groups -OCH3 is 1. The zero-order chi connectivity index (χ0) is 12.6. The van der Waals surface area contributed by atoms with Crippen LogP contribution in [0.5, 0.6) is 5.75 Å². The van der Waals surface area contributed by atoms with E-state index in [2.05, 4.69) is 39.0 Å². The fourth-order valence-electron chi connectivity index (χ4n) is 2.31. The molecule has 94 valence electrons. The molecular formula is C15H23NO. The largest absolute Gasteiger partial charge is 0.496 e. The van der Waals surface area contributed by atoms with Crippen molar-refractivity contribution in [3.8, 4) is 5.75 Å². The van der Waals surface area contributed by atoms with Crippen molar-refractivity contribution in [2.45, 2.75) is 45.6 Å². The molecule has 2 rings (SSSR count). The van der Waals surface area contributed by atoms with Gasteiger partial charge in [0.15, 0.2) is 0 Å². The summed E-state index contributed by atoms with van der Waals surface area (Å²) in [7, 11) is 1.73. The Hall–Kier alpha value is -1.02. The molecule has 0 radical (unpaired) electrons. The zero-order valence-corrected chi connectivity index (χ0v) is 11.3. The van der Waals surface area contributed by atoms with E-state index in [-0.39, 0.29) is 6.04 Å². The smallest absolute Gasteiger partial charge is 0.122 e. The van der Waals surface area contributed by atoms with Crippen molar-refractivity contribution in [3.05, 3.63) is 29.3 Å². The van der Waals surface area contributed by atoms with Crippen LogP contribution in [0.15, 0.2) is 18.2 Å². The Balaban J connectivity index is 2.33. The topological polar surface area (TPSA) is 35.2 Å². The summed E-state index contributed by atoms with van der Waals surface area (Å²) in [6, 6.07) is 6.54. The first-order valence-electron chi connectivity index (χ1n) is 6.41. The Bertz CT molecular complexity index is 407. The second kappa shape index (κ2) is 4.34. The van der Waals surface area contributed by atoms with Gasteiger partial charge in [-0.2, -0.15) is 0 Å². The van der Waals surface area contributed by atoms with E-state index < -0.39 is 0 Å². The predicted molar refractivity (Wildman–Crippen MR) is 71.4 cm³/mol. The van der Waals surface area contributed by atoms with Crippen LogP contribution in [0.25, 0.3) is 0 Å². The van der Waals surface area contributed by atoms with Crippen LogP contribution in [0, 0.1) is 5.41 Å². The molecule has 0 aliphatic heterocycles. The van der Waals surface area contributed by atoms with Crippen LogP contribution in [0.2, 0.25) is 0 Å². The lowest BCUT2D eigenvalue weighted by Crippen LogP contribution is -2.20. The molecule has 0 aromatic heterocycles. The van der Waals surface area contributed by atoms with E-state index in [1.807, 2.05) is 0 Å². The molecule has 1 aliphatic carbocycles. The van der Waals surface area contributed by atoms with Crippen molar-refractivity contribution in [1.82, 2.24) is 0 Å². The van der Waals surface area contributed by atoms with Crippen LogP contribution >= 0.6 is 0 Å². The van der Waals surface area contributed by atoms with E-state index in [4.69, 9.17) is 10.5 Å². The Morgan fingerprint density at radius 2 is 1.94 bits per heavy atom. The molecule has 2 nitrogen and oxygen atoms in total. The van der Waals surface area contributed by atoms with Crippen molar-refractivity contribution < 1.29 is 4.74 Å². The van der Waals surface area contributed by atoms with Crippen molar-refractivity contribution in [3.63, 3.8) is 0 Å². The van der Waals surface area contributed by atoms with Crippen LogP contribution in [-0.2, 0) is 0 Å². The molecule has 17 heavy (non-hydrogen) atoms. The third-order valence-electron chi connectivity index (χ3n) is 4.02. The maximum Gasteiger partial charge on any atom is 0.122 e. The third kappa shape index (κ3) is 2.32. The summed E-state index contributed by atoms with van der Waals surface area (Å²) in [6.45, 7) is 6.65. The van der Waals surface area contributed by atoms with E-state index in [1.165, 1.54) is 24.0 Å². The van der Waals surface area contributed by atoms with Gasteiger partial charge in [-0.15, -0.1) is 0 Å². The molecule has 0 spiro atoms. The van der Waals surface area contributed by atoms with Crippen LogP contribution in [0.1, 0.15) is 56.7 Å². The minimum atomic E-state index is 0.158. The van der Waals surface area contributed by atoms with Gasteiger partial charge in [0, 0.05) is 6.04 Å². The molecule has 1 aromatic carbocycles. The summed E-state index contributed by atoms with van der Waals surface area (Å²) >= 11 is 0. The number of nitrogens with two attached hydrogens (primary N) is 1. The lowest BCUT2D eigenvalue weighted by Gasteiger charge is -2.21. The van der Waals surface area contributed by atoms with E-state index >= 15 is 0 Å². The first-order valence-corrected chi connectivity index (χ1v) is 6.41. The molecule has 0 saturated heterocycles. The van der Waals surface area contributed by atoms with Gasteiger partial charge < -0.3 is 10.5 Å². The van der Waals surface area contributed by atoms with Gasteiger partial charge in [0.1, 0.15) is 5.75 Å². The van der Waals surface area contributed by atoms with E-state index in [0.717, 1.165) is 5.75 Å². The SMILES string of the molecule is COc1ccc(C(N)C2(C)CC2)cc1C(C)C. The first kappa shape index (κ1) is 12.4. The van der Waals surface area contributed by atoms with Crippen LogP contribution < -0.4 is 10.5 Å². The maximum atomic E-state index is 6.35. The number of hydrogen-bond donors (Lipinski definition) is 1. The number of benzene rings is 1. The Labute approximate surface area is 104 Å². The molecule has 1 atom stereocenters. The van der Waals surface area contributed by atoms with Crippen molar-refractivity contribution >= 4 is 0 Å². The molecule has 1 aromatic rings. The first-order chi connectivity index (χ1) is 7.98. The summed E-state index contributed by atoms with van der Waals surface area (Å²) in [6.07, 6.45) is 2.49. The lowest BCUT2D eigenvalue weighted by molar-refractivity contribution is 0.405. The van der Waals surface area contributed by atoms with Crippen molar-refractivity contribution in [2.75, 3.05) is 7.11 Å². The monoisotopic (exact) mass is 233 g/mol. The van der Waals surface area contributed by atoms with Gasteiger partial charge in [-0.25, -0.2) is 0 Å². The van der Waals surface area contributed by atoms with Gasteiger partial charge in [0.25, 0.3) is 0 Å². The Morgan fingerprint density at radius 1 is 1.29 bits per heavy atom. The lowest BCUT2D eigenvalue weighted by atomic mass is 9.89. The fourth-order valence-corrected chi connectivity index (χ4v) is 2.31. The average Bonchev–Trinajstić information content (AvgIpc) is 3.06. The minimum absolute atomic E-state index is 0.158. The molecule has 1 saturated carbocycles. The average molecular weight is 233 g/mol. The van der Waals surface area contributed by atoms with E-state index in [1.54, 1.807) is 7.11 Å². The van der Waals surface area contributed by atoms with Gasteiger partial charge in [-0.3, -0.25) is 0 Å². The highest BCUT2D eigenvalue weighted by Crippen LogP contribution is 2.53. The van der Waals surface area contributed by atoms with E-state index in [9.17, 15) is 0 Å². The van der Waals surface area contributed by atoms with Gasteiger partial charge in [-0.05, 0) is 41.4 Å². The summed E-state index contributed by atoms with van der Waals surface area (Å²) < 4.78 is 5.40. The normalized spacial score (nSPS) is 19.2. The minimum Gasteiger partial charge on any atom is -0.496 e. The summed E-state index contributed by atoms with van der Waals surface area (Å²) in [5, 5.41) is 0. The molecule has 1 fully saturated rings. The van der Waals surface area contributed by atoms with Crippen LogP contribution in [-0.4, -0.2) is 7.11 Å². The molecular weight excluding hydrogens is 210 g/mol. The van der Waals surface area contributed by atoms with Gasteiger partial charge in [0.2, 0.25) is 0 Å². The van der Waals surface area contributed by atoms with Crippen molar-refractivity contribution in [2.24, 2.45) is 11.1 Å². The van der Waals surface area contributed by atoms with Crippen LogP contribution in [0.3, 0.4) is 0 Å². The number of rotatable bonds is 4. The summed E-state index contributed by atoms with van der Waals surface area (Å²) in [4.78, 5) is 0. The maximum absolute atomic E-state index is 6.35. The highest BCUT2D eigenvalue weighted by atomic mass is 16.5. The molecule has 0 heterocycles. The molecule has 2 N–H and O–H groups in total. The van der Waals surface area contributed by atoms with E-state index in [0.29, 0.717) is 11.3 Å². The predicted octanol–water partition coefficient (Wildman–Crippen LogP) is 3.62. The molecule has 1 aliphatic rings. The molecule has 1 unspecified atom stereocenters. The second-order valence-electron chi connectivity index (χ2n) is 5.79. The summed E-state index contributed by atoms with van der Waals surface area (Å²) in [5.41, 5.74) is 9.18. The van der Waals surface area contributed by atoms with Crippen molar-refractivity contribution in [1.29, 1.82) is 0 Å². The van der Waals surface area contributed by atoms with Crippen LogP contribution in [0.4, 0.5) is 0 Å². The fraction of sp³-hybridized carbons (Fsp3) is 0.600. The molecule has 0 amide bonds. The standard InChI is InChI=1S/C15H23NO/c1-10(2)12-9-11(5-6-13(12)17-4)14(16)15(3)7-8-15/h5-6,9-10,14H,7-8,16H2,1-4H3. The summed E-state index contributed by atoms with van der Waals surface area (Å²) in [5.74, 6) is 1.43. The quantitative estimate of drug-likeness (QED) is 0.862. The Kier molecular flexibility index (Phi) is 3.17. The number of ether oxygens (including phenoxy) is 1.